The van der Waals surface area contributed by atoms with Crippen LogP contribution in [-0.2, 0) is 9.59 Å². The van der Waals surface area contributed by atoms with Crippen LogP contribution in [-0.4, -0.2) is 36.3 Å². The molecule has 1 atom stereocenters. The van der Waals surface area contributed by atoms with Crippen molar-refractivity contribution in [3.8, 4) is 0 Å². The Morgan fingerprint density at radius 2 is 2.24 bits per heavy atom. The van der Waals surface area contributed by atoms with Gasteiger partial charge in [-0.1, -0.05) is 13.8 Å². The quantitative estimate of drug-likeness (QED) is 0.745. The van der Waals surface area contributed by atoms with Crippen LogP contribution in [0.4, 0.5) is 0 Å². The second-order valence-electron chi connectivity index (χ2n) is 6.07. The maximum absolute atomic E-state index is 12.3. The van der Waals surface area contributed by atoms with E-state index in [0.29, 0.717) is 19.4 Å². The van der Waals surface area contributed by atoms with Crippen molar-refractivity contribution in [3.05, 3.63) is 0 Å². The average Bonchev–Trinajstić information content (AvgIpc) is 2.28. The molecule has 0 radical (unpaired) electrons. The molecule has 1 unspecified atom stereocenters. The van der Waals surface area contributed by atoms with Gasteiger partial charge < -0.3 is 10.2 Å². The van der Waals surface area contributed by atoms with Gasteiger partial charge in [0.1, 0.15) is 0 Å². The van der Waals surface area contributed by atoms with Gasteiger partial charge in [0.25, 0.3) is 0 Å². The minimum Gasteiger partial charge on any atom is -0.355 e. The molecule has 2 aliphatic heterocycles. The summed E-state index contributed by atoms with van der Waals surface area (Å²) in [7, 11) is 0. The maximum Gasteiger partial charge on any atom is 0.227 e. The van der Waals surface area contributed by atoms with Crippen LogP contribution in [0, 0.1) is 11.3 Å². The zero-order valence-electron chi connectivity index (χ0n) is 10.8. The van der Waals surface area contributed by atoms with E-state index >= 15 is 0 Å². The zero-order valence-corrected chi connectivity index (χ0v) is 10.8. The standard InChI is InChI=1S/C13H22N2O2/c1-13(2)6-3-7-15(9-13)12(17)10-4-5-11(16)14-8-10/h10H,3-9H2,1-2H3,(H,14,16). The third-order valence-electron chi connectivity index (χ3n) is 3.83. The molecule has 0 spiro atoms. The Balaban J connectivity index is 1.93. The number of amides is 2. The van der Waals surface area contributed by atoms with Crippen molar-refractivity contribution in [3.63, 3.8) is 0 Å². The molecular formula is C13H22N2O2. The first-order valence-electron chi connectivity index (χ1n) is 6.53. The van der Waals surface area contributed by atoms with E-state index < -0.39 is 0 Å². The van der Waals surface area contributed by atoms with Crippen molar-refractivity contribution in [2.75, 3.05) is 19.6 Å². The summed E-state index contributed by atoms with van der Waals surface area (Å²) in [6.45, 7) is 6.70. The molecule has 0 aliphatic carbocycles. The van der Waals surface area contributed by atoms with Crippen LogP contribution in [0.15, 0.2) is 0 Å². The Morgan fingerprint density at radius 3 is 2.82 bits per heavy atom. The number of hydrogen-bond donors (Lipinski definition) is 1. The molecule has 4 heteroatoms. The number of piperidine rings is 2. The van der Waals surface area contributed by atoms with E-state index in [2.05, 4.69) is 19.2 Å². The van der Waals surface area contributed by atoms with E-state index in [9.17, 15) is 9.59 Å². The van der Waals surface area contributed by atoms with Crippen molar-refractivity contribution in [2.45, 2.75) is 39.5 Å². The van der Waals surface area contributed by atoms with E-state index in [1.807, 2.05) is 4.90 Å². The molecule has 4 nitrogen and oxygen atoms in total. The first kappa shape index (κ1) is 12.4. The first-order valence-corrected chi connectivity index (χ1v) is 6.53. The van der Waals surface area contributed by atoms with E-state index in [0.717, 1.165) is 19.5 Å². The van der Waals surface area contributed by atoms with Gasteiger partial charge in [-0.05, 0) is 24.7 Å². The molecule has 2 heterocycles. The highest BCUT2D eigenvalue weighted by Crippen LogP contribution is 2.29. The summed E-state index contributed by atoms with van der Waals surface area (Å²) in [5.74, 6) is 0.312. The molecule has 0 aromatic heterocycles. The summed E-state index contributed by atoms with van der Waals surface area (Å²) in [4.78, 5) is 25.4. The van der Waals surface area contributed by atoms with Crippen LogP contribution in [0.2, 0.25) is 0 Å². The molecular weight excluding hydrogens is 216 g/mol. The summed E-state index contributed by atoms with van der Waals surface area (Å²) in [5, 5.41) is 2.79. The normalized spacial score (nSPS) is 28.7. The molecule has 2 aliphatic rings. The largest absolute Gasteiger partial charge is 0.355 e. The highest BCUT2D eigenvalue weighted by molar-refractivity contribution is 5.83. The van der Waals surface area contributed by atoms with E-state index in [1.165, 1.54) is 6.42 Å². The molecule has 1 N–H and O–H groups in total. The Bertz CT molecular complexity index is 315. The lowest BCUT2D eigenvalue weighted by molar-refractivity contribution is -0.140. The number of carbonyl (C=O) groups excluding carboxylic acids is 2. The predicted octanol–water partition coefficient (Wildman–Crippen LogP) is 1.16. The van der Waals surface area contributed by atoms with Crippen molar-refractivity contribution in [2.24, 2.45) is 11.3 Å². The van der Waals surface area contributed by atoms with E-state index in [1.54, 1.807) is 0 Å². The van der Waals surface area contributed by atoms with Crippen LogP contribution in [0.5, 0.6) is 0 Å². The monoisotopic (exact) mass is 238 g/mol. The molecule has 2 rings (SSSR count). The summed E-state index contributed by atoms with van der Waals surface area (Å²) in [5.41, 5.74) is 0.242. The van der Waals surface area contributed by atoms with Gasteiger partial charge in [0.15, 0.2) is 0 Å². The lowest BCUT2D eigenvalue weighted by Crippen LogP contribution is -2.49. The minimum atomic E-state index is 0.00148. The average molecular weight is 238 g/mol. The lowest BCUT2D eigenvalue weighted by atomic mass is 9.83. The fourth-order valence-corrected chi connectivity index (χ4v) is 2.81. The third-order valence-corrected chi connectivity index (χ3v) is 3.83. The SMILES string of the molecule is CC1(C)CCCN(C(=O)C2CCC(=O)NC2)C1. The predicted molar refractivity (Wildman–Crippen MR) is 65.3 cm³/mol. The van der Waals surface area contributed by atoms with Crippen LogP contribution < -0.4 is 5.32 Å². The van der Waals surface area contributed by atoms with Crippen molar-refractivity contribution in [1.29, 1.82) is 0 Å². The molecule has 2 amide bonds. The highest BCUT2D eigenvalue weighted by Gasteiger charge is 2.33. The van der Waals surface area contributed by atoms with Crippen molar-refractivity contribution in [1.82, 2.24) is 10.2 Å². The second kappa shape index (κ2) is 4.67. The van der Waals surface area contributed by atoms with Gasteiger partial charge in [-0.3, -0.25) is 9.59 Å². The van der Waals surface area contributed by atoms with Gasteiger partial charge >= 0.3 is 0 Å². The minimum absolute atomic E-state index is 0.00148. The lowest BCUT2D eigenvalue weighted by Gasteiger charge is -2.40. The number of nitrogens with one attached hydrogen (secondary N) is 1. The fraction of sp³-hybridized carbons (Fsp3) is 0.846. The topological polar surface area (TPSA) is 49.4 Å². The van der Waals surface area contributed by atoms with Crippen LogP contribution >= 0.6 is 0 Å². The van der Waals surface area contributed by atoms with Gasteiger partial charge in [0.05, 0.1) is 5.92 Å². The van der Waals surface area contributed by atoms with Gasteiger partial charge in [-0.2, -0.15) is 0 Å². The number of rotatable bonds is 1. The van der Waals surface area contributed by atoms with Crippen LogP contribution in [0.3, 0.4) is 0 Å². The molecule has 2 saturated heterocycles. The fourth-order valence-electron chi connectivity index (χ4n) is 2.81. The molecule has 0 bridgehead atoms. The van der Waals surface area contributed by atoms with Crippen LogP contribution in [0.1, 0.15) is 39.5 Å². The summed E-state index contributed by atoms with van der Waals surface area (Å²) >= 11 is 0. The smallest absolute Gasteiger partial charge is 0.227 e. The Hall–Kier alpha value is -1.06. The molecule has 0 aromatic rings. The maximum atomic E-state index is 12.3. The molecule has 17 heavy (non-hydrogen) atoms. The van der Waals surface area contributed by atoms with Crippen LogP contribution in [0.25, 0.3) is 0 Å². The molecule has 2 fully saturated rings. The number of carbonyl (C=O) groups is 2. The molecule has 0 aromatic carbocycles. The molecule has 96 valence electrons. The molecule has 0 saturated carbocycles. The van der Waals surface area contributed by atoms with E-state index in [-0.39, 0.29) is 23.1 Å². The van der Waals surface area contributed by atoms with Crippen molar-refractivity contribution >= 4 is 11.8 Å². The van der Waals surface area contributed by atoms with E-state index in [4.69, 9.17) is 0 Å². The highest BCUT2D eigenvalue weighted by atomic mass is 16.2. The first-order chi connectivity index (χ1) is 7.98. The number of nitrogens with zero attached hydrogens (tertiary/aromatic N) is 1. The second-order valence-corrected chi connectivity index (χ2v) is 6.07. The number of hydrogen-bond acceptors (Lipinski definition) is 2. The summed E-state index contributed by atoms with van der Waals surface area (Å²) in [6.07, 6.45) is 3.49. The van der Waals surface area contributed by atoms with Gasteiger partial charge in [0.2, 0.25) is 11.8 Å². The third kappa shape index (κ3) is 2.99. The van der Waals surface area contributed by atoms with Gasteiger partial charge in [-0.25, -0.2) is 0 Å². The Labute approximate surface area is 103 Å². The number of likely N-dealkylation sites (tertiary alicyclic amines) is 1. The van der Waals surface area contributed by atoms with Crippen molar-refractivity contribution < 1.29 is 9.59 Å². The zero-order chi connectivity index (χ0) is 12.5. The Kier molecular flexibility index (Phi) is 3.40. The van der Waals surface area contributed by atoms with Gasteiger partial charge in [0, 0.05) is 26.1 Å². The van der Waals surface area contributed by atoms with Gasteiger partial charge in [-0.15, -0.1) is 0 Å². The summed E-state index contributed by atoms with van der Waals surface area (Å²) < 4.78 is 0. The summed E-state index contributed by atoms with van der Waals surface area (Å²) in [6, 6.07) is 0. The Morgan fingerprint density at radius 1 is 1.47 bits per heavy atom.